The summed E-state index contributed by atoms with van der Waals surface area (Å²) in [6.07, 6.45) is 12.6. The fourth-order valence-electron chi connectivity index (χ4n) is 5.97. The zero-order valence-corrected chi connectivity index (χ0v) is 13.1. The first-order chi connectivity index (χ1) is 9.95. The Balaban J connectivity index is 1.75. The number of ketones is 1. The lowest BCUT2D eigenvalue weighted by molar-refractivity contribution is -0.116. The van der Waals surface area contributed by atoms with Crippen LogP contribution in [-0.2, 0) is 4.79 Å². The van der Waals surface area contributed by atoms with Crippen LogP contribution in [0, 0.1) is 28.6 Å². The van der Waals surface area contributed by atoms with Crippen LogP contribution in [0.25, 0.3) is 0 Å². The highest BCUT2D eigenvalue weighted by Gasteiger charge is 2.57. The molecule has 0 bridgehead atoms. The summed E-state index contributed by atoms with van der Waals surface area (Å²) in [7, 11) is 0. The van der Waals surface area contributed by atoms with Gasteiger partial charge in [-0.15, -0.1) is 0 Å². The summed E-state index contributed by atoms with van der Waals surface area (Å²) in [5.74, 6) is 2.17. The third-order valence-electron chi connectivity index (χ3n) is 7.47. The van der Waals surface area contributed by atoms with Gasteiger partial charge in [0.15, 0.2) is 5.78 Å². The lowest BCUT2D eigenvalue weighted by Gasteiger charge is -2.55. The van der Waals surface area contributed by atoms with E-state index in [1.54, 1.807) is 0 Å². The molecule has 21 heavy (non-hydrogen) atoms. The van der Waals surface area contributed by atoms with Crippen molar-refractivity contribution in [1.82, 2.24) is 0 Å². The van der Waals surface area contributed by atoms with Gasteiger partial charge < -0.3 is 5.11 Å². The van der Waals surface area contributed by atoms with Crippen LogP contribution in [0.5, 0.6) is 0 Å². The van der Waals surface area contributed by atoms with E-state index in [-0.39, 0.29) is 16.9 Å². The predicted molar refractivity (Wildman–Crippen MR) is 82.6 cm³/mol. The smallest absolute Gasteiger partial charge is 0.156 e. The molecule has 1 N–H and O–H groups in total. The first kappa shape index (κ1) is 13.8. The number of aliphatic hydroxyl groups excluding tert-OH is 1. The van der Waals surface area contributed by atoms with Crippen LogP contribution < -0.4 is 0 Å². The lowest BCUT2D eigenvalue weighted by atomic mass is 9.49. The summed E-state index contributed by atoms with van der Waals surface area (Å²) in [5.41, 5.74) is 1.57. The monoisotopic (exact) mass is 286 g/mol. The number of hydrogen-bond donors (Lipinski definition) is 1. The fourth-order valence-corrected chi connectivity index (χ4v) is 5.97. The Labute approximate surface area is 127 Å². The van der Waals surface area contributed by atoms with Crippen LogP contribution in [0.2, 0.25) is 0 Å². The predicted octanol–water partition coefficient (Wildman–Crippen LogP) is 3.66. The van der Waals surface area contributed by atoms with Gasteiger partial charge in [-0.1, -0.05) is 26.0 Å². The maximum Gasteiger partial charge on any atom is 0.156 e. The minimum atomic E-state index is -0.116. The molecule has 4 aliphatic carbocycles. The molecule has 0 spiro atoms. The quantitative estimate of drug-likeness (QED) is 0.738. The molecule has 2 heteroatoms. The number of aliphatic hydroxyl groups is 1. The van der Waals surface area contributed by atoms with Crippen molar-refractivity contribution in [1.29, 1.82) is 0 Å². The second-order valence-corrected chi connectivity index (χ2v) is 8.27. The van der Waals surface area contributed by atoms with E-state index in [1.807, 2.05) is 6.08 Å². The Bertz CT molecular complexity index is 546. The normalized spacial score (nSPS) is 52.0. The minimum absolute atomic E-state index is 0.116. The zero-order valence-electron chi connectivity index (χ0n) is 13.1. The van der Waals surface area contributed by atoms with Gasteiger partial charge in [-0.3, -0.25) is 4.79 Å². The Morgan fingerprint density at radius 2 is 1.95 bits per heavy atom. The van der Waals surface area contributed by atoms with E-state index in [4.69, 9.17) is 0 Å². The number of carbonyl (C=O) groups excluding carboxylic acids is 1. The van der Waals surface area contributed by atoms with Gasteiger partial charge in [-0.05, 0) is 72.3 Å². The summed E-state index contributed by atoms with van der Waals surface area (Å²) < 4.78 is 0. The Morgan fingerprint density at radius 1 is 1.14 bits per heavy atom. The molecule has 0 saturated heterocycles. The first-order valence-electron chi connectivity index (χ1n) is 8.56. The molecule has 2 nitrogen and oxygen atoms in total. The van der Waals surface area contributed by atoms with Crippen LogP contribution >= 0.6 is 0 Å². The SMILES string of the molecule is C[C@]12CC[C@@H]3[C@H](C=CC4=CC(=O)CC[C@@]43C)[C@H]1CC[C@H]2O. The first-order valence-corrected chi connectivity index (χ1v) is 8.56. The average Bonchev–Trinajstić information content (AvgIpc) is 2.76. The highest BCUT2D eigenvalue weighted by atomic mass is 16.3. The second-order valence-electron chi connectivity index (χ2n) is 8.27. The molecular weight excluding hydrogens is 260 g/mol. The van der Waals surface area contributed by atoms with E-state index in [9.17, 15) is 9.90 Å². The van der Waals surface area contributed by atoms with Gasteiger partial charge in [-0.2, -0.15) is 0 Å². The Kier molecular flexibility index (Phi) is 2.83. The number of allylic oxidation sites excluding steroid dienone is 4. The van der Waals surface area contributed by atoms with Crippen LogP contribution in [0.3, 0.4) is 0 Å². The van der Waals surface area contributed by atoms with Crippen molar-refractivity contribution in [3.8, 4) is 0 Å². The van der Waals surface area contributed by atoms with Crippen LogP contribution in [0.1, 0.15) is 52.4 Å². The fraction of sp³-hybridized carbons (Fsp3) is 0.737. The van der Waals surface area contributed by atoms with Crippen LogP contribution in [0.15, 0.2) is 23.8 Å². The van der Waals surface area contributed by atoms with Gasteiger partial charge in [-0.25, -0.2) is 0 Å². The molecular formula is C19H26O2. The molecule has 0 heterocycles. The molecule has 0 radical (unpaired) electrons. The third kappa shape index (κ3) is 1.72. The molecule has 0 unspecified atom stereocenters. The summed E-state index contributed by atoms with van der Waals surface area (Å²) in [6.45, 7) is 4.68. The second kappa shape index (κ2) is 4.32. The van der Waals surface area contributed by atoms with Gasteiger partial charge in [0.1, 0.15) is 0 Å². The van der Waals surface area contributed by atoms with Gasteiger partial charge in [0.05, 0.1) is 6.10 Å². The third-order valence-corrected chi connectivity index (χ3v) is 7.47. The molecule has 0 amide bonds. The van der Waals surface area contributed by atoms with E-state index >= 15 is 0 Å². The Morgan fingerprint density at radius 3 is 2.76 bits per heavy atom. The summed E-state index contributed by atoms with van der Waals surface area (Å²) in [5, 5.41) is 10.4. The molecule has 0 aromatic carbocycles. The van der Waals surface area contributed by atoms with Crippen molar-refractivity contribution in [3.63, 3.8) is 0 Å². The maximum absolute atomic E-state index is 11.8. The Hall–Kier alpha value is -0.890. The largest absolute Gasteiger partial charge is 0.393 e. The van der Waals surface area contributed by atoms with E-state index in [2.05, 4.69) is 26.0 Å². The number of fused-ring (bicyclic) bond motifs is 5. The van der Waals surface area contributed by atoms with Crippen molar-refractivity contribution in [2.24, 2.45) is 28.6 Å². The van der Waals surface area contributed by atoms with Crippen molar-refractivity contribution < 1.29 is 9.90 Å². The molecule has 2 saturated carbocycles. The number of carbonyl (C=O) groups is 1. The average molecular weight is 286 g/mol. The molecule has 4 aliphatic rings. The van der Waals surface area contributed by atoms with E-state index in [0.717, 1.165) is 25.7 Å². The van der Waals surface area contributed by atoms with Gasteiger partial charge in [0.25, 0.3) is 0 Å². The highest BCUT2D eigenvalue weighted by Crippen LogP contribution is 2.63. The van der Waals surface area contributed by atoms with Crippen molar-refractivity contribution >= 4 is 5.78 Å². The number of rotatable bonds is 0. The summed E-state index contributed by atoms with van der Waals surface area (Å²) in [4.78, 5) is 11.8. The van der Waals surface area contributed by atoms with E-state index < -0.39 is 0 Å². The van der Waals surface area contributed by atoms with Crippen molar-refractivity contribution in [3.05, 3.63) is 23.8 Å². The van der Waals surface area contributed by atoms with Crippen molar-refractivity contribution in [2.45, 2.75) is 58.5 Å². The molecule has 6 atom stereocenters. The number of hydrogen-bond acceptors (Lipinski definition) is 2. The molecule has 114 valence electrons. The summed E-state index contributed by atoms with van der Waals surface area (Å²) >= 11 is 0. The topological polar surface area (TPSA) is 37.3 Å². The van der Waals surface area contributed by atoms with Crippen molar-refractivity contribution in [2.75, 3.05) is 0 Å². The molecule has 0 aromatic heterocycles. The minimum Gasteiger partial charge on any atom is -0.393 e. The van der Waals surface area contributed by atoms with E-state index in [1.165, 1.54) is 12.0 Å². The van der Waals surface area contributed by atoms with Gasteiger partial charge in [0.2, 0.25) is 0 Å². The standard InChI is InChI=1S/C19H26O2/c1-18-9-7-13(20)11-12(18)3-4-14-15-5-6-17(21)19(15,2)10-8-16(14)18/h3-4,11,14-17,21H,5-10H2,1-2H3/t14-,15-,16-,17-,18+,19+/m1/s1. The lowest BCUT2D eigenvalue weighted by Crippen LogP contribution is -2.49. The molecule has 0 aliphatic heterocycles. The van der Waals surface area contributed by atoms with Gasteiger partial charge in [0, 0.05) is 6.42 Å². The molecule has 0 aromatic rings. The highest BCUT2D eigenvalue weighted by molar-refractivity contribution is 5.92. The molecule has 4 rings (SSSR count). The zero-order chi connectivity index (χ0) is 14.8. The maximum atomic E-state index is 11.8. The van der Waals surface area contributed by atoms with E-state index in [0.29, 0.717) is 30.0 Å². The van der Waals surface area contributed by atoms with Crippen LogP contribution in [-0.4, -0.2) is 17.0 Å². The van der Waals surface area contributed by atoms with Gasteiger partial charge >= 0.3 is 0 Å². The summed E-state index contributed by atoms with van der Waals surface area (Å²) in [6, 6.07) is 0. The van der Waals surface area contributed by atoms with Crippen LogP contribution in [0.4, 0.5) is 0 Å². The molecule has 2 fully saturated rings.